The van der Waals surface area contributed by atoms with Crippen LogP contribution in [0.15, 0.2) is 76.0 Å². The van der Waals surface area contributed by atoms with Gasteiger partial charge in [-0.2, -0.15) is 0 Å². The SMILES string of the molecule is Cc1ccc(F)cc1[C@@H](c1cc2ccccc2o1)C1CCOc2cc(S(N)(=O)=O)ccc2O1. The quantitative estimate of drug-likeness (QED) is 0.461. The van der Waals surface area contributed by atoms with Gasteiger partial charge in [0.15, 0.2) is 11.5 Å². The molecule has 4 aromatic rings. The molecule has 3 aromatic carbocycles. The average Bonchev–Trinajstić information content (AvgIpc) is 3.08. The number of sulfonamides is 1. The third-order valence-corrected chi connectivity index (χ3v) is 6.79. The molecule has 0 aliphatic carbocycles. The second kappa shape index (κ2) is 8.20. The van der Waals surface area contributed by atoms with Gasteiger partial charge in [0.1, 0.15) is 23.3 Å². The van der Waals surface area contributed by atoms with Crippen LogP contribution in [0, 0.1) is 12.7 Å². The first-order valence-electron chi connectivity index (χ1n) is 10.5. The first-order valence-corrected chi connectivity index (χ1v) is 12.0. The zero-order valence-electron chi connectivity index (χ0n) is 17.8. The van der Waals surface area contributed by atoms with Gasteiger partial charge in [0, 0.05) is 17.9 Å². The number of fused-ring (bicyclic) bond motifs is 2. The van der Waals surface area contributed by atoms with E-state index in [1.54, 1.807) is 6.07 Å². The topological polar surface area (TPSA) is 91.8 Å². The molecule has 8 heteroatoms. The van der Waals surface area contributed by atoms with Crippen molar-refractivity contribution in [3.63, 3.8) is 0 Å². The Hall–Kier alpha value is -3.36. The number of furan rings is 1. The fourth-order valence-electron chi connectivity index (χ4n) is 4.26. The molecule has 2 heterocycles. The standard InChI is InChI=1S/C25H22FNO5S/c1-15-6-7-17(26)13-19(15)25(24-12-16-4-2-3-5-20(16)31-24)22-10-11-30-23-14-18(33(27,28)29)8-9-21(23)32-22/h2-9,12-14,22,25H,10-11H2,1H3,(H2,27,28,29)/t22?,25-/m1/s1. The van der Waals surface area contributed by atoms with E-state index in [4.69, 9.17) is 19.0 Å². The summed E-state index contributed by atoms with van der Waals surface area (Å²) < 4.78 is 56.1. The van der Waals surface area contributed by atoms with E-state index in [0.717, 1.165) is 22.1 Å². The number of primary sulfonamides is 1. The Balaban J connectivity index is 1.61. The Morgan fingerprint density at radius 1 is 1.03 bits per heavy atom. The third-order valence-electron chi connectivity index (χ3n) is 5.88. The van der Waals surface area contributed by atoms with Gasteiger partial charge >= 0.3 is 0 Å². The van der Waals surface area contributed by atoms with Crippen molar-refractivity contribution in [1.82, 2.24) is 0 Å². The molecule has 0 bridgehead atoms. The van der Waals surface area contributed by atoms with Crippen molar-refractivity contribution in [2.75, 3.05) is 6.61 Å². The number of rotatable bonds is 4. The number of ether oxygens (including phenoxy) is 2. The molecule has 170 valence electrons. The van der Waals surface area contributed by atoms with Crippen LogP contribution in [-0.4, -0.2) is 21.1 Å². The summed E-state index contributed by atoms with van der Waals surface area (Å²) in [6.07, 6.45) is 0.0180. The smallest absolute Gasteiger partial charge is 0.238 e. The van der Waals surface area contributed by atoms with Crippen molar-refractivity contribution in [2.45, 2.75) is 30.3 Å². The number of halogens is 1. The van der Waals surface area contributed by atoms with Gasteiger partial charge in [-0.15, -0.1) is 0 Å². The van der Waals surface area contributed by atoms with E-state index >= 15 is 0 Å². The zero-order valence-corrected chi connectivity index (χ0v) is 18.6. The maximum Gasteiger partial charge on any atom is 0.238 e. The molecule has 33 heavy (non-hydrogen) atoms. The van der Waals surface area contributed by atoms with Gasteiger partial charge in [-0.1, -0.05) is 24.3 Å². The van der Waals surface area contributed by atoms with Crippen molar-refractivity contribution in [3.8, 4) is 11.5 Å². The van der Waals surface area contributed by atoms with Crippen molar-refractivity contribution in [1.29, 1.82) is 0 Å². The molecule has 0 spiro atoms. The third kappa shape index (κ3) is 4.19. The van der Waals surface area contributed by atoms with Gasteiger partial charge in [-0.05, 0) is 54.4 Å². The van der Waals surface area contributed by atoms with Crippen LogP contribution in [0.2, 0.25) is 0 Å². The molecular weight excluding hydrogens is 445 g/mol. The minimum Gasteiger partial charge on any atom is -0.490 e. The van der Waals surface area contributed by atoms with Crippen LogP contribution in [0.25, 0.3) is 11.0 Å². The first-order chi connectivity index (χ1) is 15.8. The van der Waals surface area contributed by atoms with Gasteiger partial charge in [0.25, 0.3) is 0 Å². The maximum atomic E-state index is 14.3. The molecule has 1 aliphatic heterocycles. The van der Waals surface area contributed by atoms with Crippen molar-refractivity contribution in [3.05, 3.63) is 89.4 Å². The Morgan fingerprint density at radius 3 is 2.64 bits per heavy atom. The molecule has 0 saturated heterocycles. The Kier molecular flexibility index (Phi) is 5.34. The fourth-order valence-corrected chi connectivity index (χ4v) is 4.79. The van der Waals surface area contributed by atoms with E-state index in [9.17, 15) is 12.8 Å². The van der Waals surface area contributed by atoms with Gasteiger partial charge < -0.3 is 13.9 Å². The largest absolute Gasteiger partial charge is 0.490 e. The lowest BCUT2D eigenvalue weighted by molar-refractivity contribution is 0.164. The molecule has 2 atom stereocenters. The molecule has 2 N–H and O–H groups in total. The summed E-state index contributed by atoms with van der Waals surface area (Å²) in [7, 11) is -3.88. The monoisotopic (exact) mass is 467 g/mol. The summed E-state index contributed by atoms with van der Waals surface area (Å²) in [5, 5.41) is 6.19. The lowest BCUT2D eigenvalue weighted by Gasteiger charge is -2.26. The molecule has 0 amide bonds. The van der Waals surface area contributed by atoms with Crippen molar-refractivity contribution in [2.24, 2.45) is 5.14 Å². The number of hydrogen-bond acceptors (Lipinski definition) is 5. The number of nitrogens with two attached hydrogens (primary N) is 1. The van der Waals surface area contributed by atoms with Crippen LogP contribution in [0.1, 0.15) is 29.2 Å². The maximum absolute atomic E-state index is 14.3. The Labute approximate surface area is 190 Å². The molecule has 1 aliphatic rings. The van der Waals surface area contributed by atoms with E-state index in [1.165, 1.54) is 30.3 Å². The van der Waals surface area contributed by atoms with Crippen molar-refractivity contribution < 1.29 is 26.7 Å². The summed E-state index contributed by atoms with van der Waals surface area (Å²) >= 11 is 0. The molecule has 0 fully saturated rings. The average molecular weight is 468 g/mol. The second-order valence-electron chi connectivity index (χ2n) is 8.11. The molecule has 1 aromatic heterocycles. The van der Waals surface area contributed by atoms with E-state index in [2.05, 4.69) is 0 Å². The van der Waals surface area contributed by atoms with Gasteiger partial charge in [0.05, 0.1) is 17.4 Å². The lowest BCUT2D eigenvalue weighted by atomic mass is 9.86. The lowest BCUT2D eigenvalue weighted by Crippen LogP contribution is -2.27. The summed E-state index contributed by atoms with van der Waals surface area (Å²) in [6.45, 7) is 2.20. The summed E-state index contributed by atoms with van der Waals surface area (Å²) in [5.41, 5.74) is 2.39. The highest BCUT2D eigenvalue weighted by Crippen LogP contribution is 2.41. The molecule has 0 radical (unpaired) electrons. The van der Waals surface area contributed by atoms with Crippen molar-refractivity contribution >= 4 is 21.0 Å². The van der Waals surface area contributed by atoms with Crippen LogP contribution in [0.5, 0.6) is 11.5 Å². The first kappa shape index (κ1) is 21.5. The zero-order chi connectivity index (χ0) is 23.2. The van der Waals surface area contributed by atoms with E-state index in [0.29, 0.717) is 23.7 Å². The van der Waals surface area contributed by atoms with E-state index < -0.39 is 22.0 Å². The van der Waals surface area contributed by atoms with Gasteiger partial charge in [-0.3, -0.25) is 0 Å². The minimum atomic E-state index is -3.88. The summed E-state index contributed by atoms with van der Waals surface area (Å²) in [5.74, 6) is 0.572. The number of aryl methyl sites for hydroxylation is 1. The van der Waals surface area contributed by atoms with E-state index in [1.807, 2.05) is 37.3 Å². The van der Waals surface area contributed by atoms with E-state index in [-0.39, 0.29) is 17.3 Å². The van der Waals surface area contributed by atoms with Crippen LogP contribution in [-0.2, 0) is 10.0 Å². The minimum absolute atomic E-state index is 0.0573. The number of para-hydroxylation sites is 1. The van der Waals surface area contributed by atoms with Crippen LogP contribution < -0.4 is 14.6 Å². The van der Waals surface area contributed by atoms with Crippen LogP contribution >= 0.6 is 0 Å². The molecular formula is C25H22FNO5S. The normalized spacial score (nSPS) is 17.0. The molecule has 5 rings (SSSR count). The summed E-state index contributed by atoms with van der Waals surface area (Å²) in [6, 6.07) is 18.6. The molecule has 0 saturated carbocycles. The van der Waals surface area contributed by atoms with Gasteiger partial charge in [-0.25, -0.2) is 17.9 Å². The molecule has 6 nitrogen and oxygen atoms in total. The predicted octanol–water partition coefficient (Wildman–Crippen LogP) is 4.89. The second-order valence-corrected chi connectivity index (χ2v) is 9.67. The highest BCUT2D eigenvalue weighted by Gasteiger charge is 2.34. The highest BCUT2D eigenvalue weighted by molar-refractivity contribution is 7.89. The molecule has 1 unspecified atom stereocenters. The number of benzene rings is 3. The van der Waals surface area contributed by atoms with Crippen LogP contribution in [0.3, 0.4) is 0 Å². The highest BCUT2D eigenvalue weighted by atomic mass is 32.2. The number of hydrogen-bond donors (Lipinski definition) is 1. The summed E-state index contributed by atoms with van der Waals surface area (Å²) in [4.78, 5) is -0.0573. The predicted molar refractivity (Wildman–Crippen MR) is 122 cm³/mol. The fraction of sp³-hybridized carbons (Fsp3) is 0.200. The Bertz CT molecular complexity index is 1410. The van der Waals surface area contributed by atoms with Gasteiger partial charge in [0.2, 0.25) is 10.0 Å². The van der Waals surface area contributed by atoms with Crippen LogP contribution in [0.4, 0.5) is 4.39 Å². The Morgan fingerprint density at radius 2 is 1.85 bits per heavy atom.